The van der Waals surface area contributed by atoms with Gasteiger partial charge in [-0.15, -0.1) is 0 Å². The molecule has 0 aliphatic heterocycles. The summed E-state index contributed by atoms with van der Waals surface area (Å²) in [4.78, 5) is 12.9. The summed E-state index contributed by atoms with van der Waals surface area (Å²) in [6, 6.07) is 20.2. The monoisotopic (exact) mass is 497 g/mol. The number of benzene rings is 3. The van der Waals surface area contributed by atoms with Crippen molar-refractivity contribution in [2.45, 2.75) is 32.1 Å². The number of hydrogen-bond acceptors (Lipinski definition) is 4. The zero-order valence-corrected chi connectivity index (χ0v) is 21.0. The summed E-state index contributed by atoms with van der Waals surface area (Å²) in [5.41, 5.74) is 6.47. The molecule has 0 heterocycles. The number of sulfonamides is 1. The SMILES string of the molecule is Cc1cc(C)c(S(=O)(=O)N(CCc2ccccc2)CC(=O)NN=Cc2ccc(Cl)cc2)c(C)c1. The summed E-state index contributed by atoms with van der Waals surface area (Å²) in [5, 5.41) is 4.55. The number of halogens is 1. The summed E-state index contributed by atoms with van der Waals surface area (Å²) in [6.45, 7) is 5.29. The minimum Gasteiger partial charge on any atom is -0.272 e. The Morgan fingerprint density at radius 3 is 2.24 bits per heavy atom. The molecule has 1 amide bonds. The van der Waals surface area contributed by atoms with Crippen LogP contribution in [0.25, 0.3) is 0 Å². The molecule has 0 spiro atoms. The molecule has 8 heteroatoms. The molecular formula is C26H28ClN3O3S. The number of nitrogens with zero attached hydrogens (tertiary/aromatic N) is 2. The van der Waals surface area contributed by atoms with Gasteiger partial charge in [0.05, 0.1) is 17.7 Å². The highest BCUT2D eigenvalue weighted by molar-refractivity contribution is 7.89. The first kappa shape index (κ1) is 25.6. The van der Waals surface area contributed by atoms with E-state index in [1.165, 1.54) is 10.5 Å². The molecule has 3 aromatic carbocycles. The Morgan fingerprint density at radius 1 is 1.00 bits per heavy atom. The van der Waals surface area contributed by atoms with E-state index in [0.717, 1.165) is 16.7 Å². The van der Waals surface area contributed by atoms with Gasteiger partial charge in [-0.05, 0) is 61.6 Å². The molecule has 34 heavy (non-hydrogen) atoms. The Balaban J connectivity index is 1.81. The number of aryl methyl sites for hydroxylation is 3. The molecular weight excluding hydrogens is 470 g/mol. The predicted octanol–water partition coefficient (Wildman–Crippen LogP) is 4.65. The Labute approximate surface area is 206 Å². The molecule has 178 valence electrons. The van der Waals surface area contributed by atoms with Crippen molar-refractivity contribution in [3.8, 4) is 0 Å². The molecule has 0 saturated heterocycles. The molecule has 0 atom stereocenters. The highest BCUT2D eigenvalue weighted by Crippen LogP contribution is 2.25. The minimum absolute atomic E-state index is 0.160. The molecule has 3 rings (SSSR count). The van der Waals surface area contributed by atoms with Crippen molar-refractivity contribution in [1.29, 1.82) is 0 Å². The number of amides is 1. The molecule has 0 aliphatic carbocycles. The first-order chi connectivity index (χ1) is 16.2. The number of rotatable bonds is 9. The Morgan fingerprint density at radius 2 is 1.62 bits per heavy atom. The maximum atomic E-state index is 13.7. The summed E-state index contributed by atoms with van der Waals surface area (Å²) in [6.07, 6.45) is 1.96. The van der Waals surface area contributed by atoms with E-state index in [0.29, 0.717) is 22.6 Å². The van der Waals surface area contributed by atoms with Gasteiger partial charge in [0.15, 0.2) is 0 Å². The standard InChI is InChI=1S/C26H28ClN3O3S/c1-19-15-20(2)26(21(3)16-19)34(32,33)30(14-13-22-7-5-4-6-8-22)18-25(31)29-28-17-23-9-11-24(27)12-10-23/h4-12,15-17H,13-14,18H2,1-3H3,(H,29,31). The normalized spacial score (nSPS) is 11.8. The third kappa shape index (κ3) is 6.76. The fraction of sp³-hybridized carbons (Fsp3) is 0.231. The Bertz CT molecular complexity index is 1250. The fourth-order valence-electron chi connectivity index (χ4n) is 3.81. The van der Waals surface area contributed by atoms with Crippen LogP contribution in [0.5, 0.6) is 0 Å². The van der Waals surface area contributed by atoms with Gasteiger partial charge in [0.2, 0.25) is 10.0 Å². The van der Waals surface area contributed by atoms with Crippen LogP contribution in [0.2, 0.25) is 5.02 Å². The largest absolute Gasteiger partial charge is 0.272 e. The third-order valence-electron chi connectivity index (χ3n) is 5.29. The summed E-state index contributed by atoms with van der Waals surface area (Å²) >= 11 is 5.87. The molecule has 0 bridgehead atoms. The van der Waals surface area contributed by atoms with Crippen LogP contribution < -0.4 is 5.43 Å². The van der Waals surface area contributed by atoms with Crippen LogP contribution >= 0.6 is 11.6 Å². The zero-order valence-electron chi connectivity index (χ0n) is 19.5. The molecule has 0 saturated carbocycles. The highest BCUT2D eigenvalue weighted by atomic mass is 35.5. The van der Waals surface area contributed by atoms with Crippen molar-refractivity contribution >= 4 is 33.7 Å². The number of carbonyl (C=O) groups is 1. The van der Waals surface area contributed by atoms with Crippen molar-refractivity contribution in [3.63, 3.8) is 0 Å². The zero-order chi connectivity index (χ0) is 24.7. The lowest BCUT2D eigenvalue weighted by Gasteiger charge is -2.24. The number of nitrogens with one attached hydrogen (secondary N) is 1. The van der Waals surface area contributed by atoms with Crippen molar-refractivity contribution in [1.82, 2.24) is 9.73 Å². The van der Waals surface area contributed by atoms with E-state index in [9.17, 15) is 13.2 Å². The lowest BCUT2D eigenvalue weighted by Crippen LogP contribution is -2.41. The van der Waals surface area contributed by atoms with Crippen LogP contribution in [-0.4, -0.2) is 37.9 Å². The van der Waals surface area contributed by atoms with Gasteiger partial charge in [-0.2, -0.15) is 9.41 Å². The Hall–Kier alpha value is -3.00. The highest BCUT2D eigenvalue weighted by Gasteiger charge is 2.29. The molecule has 1 N–H and O–H groups in total. The van der Waals surface area contributed by atoms with Gasteiger partial charge in [-0.3, -0.25) is 4.79 Å². The first-order valence-electron chi connectivity index (χ1n) is 10.9. The molecule has 0 aliphatic rings. The quantitative estimate of drug-likeness (QED) is 0.345. The van der Waals surface area contributed by atoms with E-state index >= 15 is 0 Å². The molecule has 0 radical (unpaired) electrons. The molecule has 0 unspecified atom stereocenters. The number of hydrogen-bond donors (Lipinski definition) is 1. The van der Waals surface area contributed by atoms with E-state index < -0.39 is 15.9 Å². The molecule has 3 aromatic rings. The second-order valence-corrected chi connectivity index (χ2v) is 10.5. The van der Waals surface area contributed by atoms with Gasteiger partial charge in [-0.1, -0.05) is 71.8 Å². The van der Waals surface area contributed by atoms with Gasteiger partial charge in [0.25, 0.3) is 5.91 Å². The number of carbonyl (C=O) groups excluding carboxylic acids is 1. The van der Waals surface area contributed by atoms with Crippen molar-refractivity contribution < 1.29 is 13.2 Å². The maximum absolute atomic E-state index is 13.7. The van der Waals surface area contributed by atoms with Gasteiger partial charge >= 0.3 is 0 Å². The van der Waals surface area contributed by atoms with Crippen LogP contribution in [0.15, 0.2) is 76.7 Å². The maximum Gasteiger partial charge on any atom is 0.255 e. The average molecular weight is 498 g/mol. The van der Waals surface area contributed by atoms with Crippen LogP contribution in [0.1, 0.15) is 27.8 Å². The van der Waals surface area contributed by atoms with Crippen LogP contribution in [-0.2, 0) is 21.2 Å². The van der Waals surface area contributed by atoms with Crippen molar-refractivity contribution in [3.05, 3.63) is 99.6 Å². The van der Waals surface area contributed by atoms with E-state index in [2.05, 4.69) is 10.5 Å². The van der Waals surface area contributed by atoms with Crippen LogP contribution in [0.3, 0.4) is 0 Å². The molecule has 6 nitrogen and oxygen atoms in total. The smallest absolute Gasteiger partial charge is 0.255 e. The minimum atomic E-state index is -3.92. The van der Waals surface area contributed by atoms with Gasteiger partial charge < -0.3 is 0 Å². The van der Waals surface area contributed by atoms with Gasteiger partial charge in [0.1, 0.15) is 0 Å². The van der Waals surface area contributed by atoms with Crippen LogP contribution in [0.4, 0.5) is 0 Å². The van der Waals surface area contributed by atoms with Crippen molar-refractivity contribution in [2.75, 3.05) is 13.1 Å². The lowest BCUT2D eigenvalue weighted by atomic mass is 10.1. The molecule has 0 aromatic heterocycles. The number of hydrazone groups is 1. The van der Waals surface area contributed by atoms with E-state index in [1.54, 1.807) is 38.1 Å². The lowest BCUT2D eigenvalue weighted by molar-refractivity contribution is -0.121. The van der Waals surface area contributed by atoms with Crippen LogP contribution in [0, 0.1) is 20.8 Å². The fourth-order valence-corrected chi connectivity index (χ4v) is 5.74. The second kappa shape index (κ2) is 11.4. The predicted molar refractivity (Wildman–Crippen MR) is 137 cm³/mol. The first-order valence-corrected chi connectivity index (χ1v) is 12.7. The molecule has 0 fully saturated rings. The van der Waals surface area contributed by atoms with E-state index in [-0.39, 0.29) is 18.0 Å². The van der Waals surface area contributed by atoms with Gasteiger partial charge in [-0.25, -0.2) is 13.8 Å². The second-order valence-electron chi connectivity index (χ2n) is 8.15. The van der Waals surface area contributed by atoms with E-state index in [4.69, 9.17) is 11.6 Å². The topological polar surface area (TPSA) is 78.8 Å². The van der Waals surface area contributed by atoms with Crippen molar-refractivity contribution in [2.24, 2.45) is 5.10 Å². The van der Waals surface area contributed by atoms with E-state index in [1.807, 2.05) is 49.4 Å². The average Bonchev–Trinajstić information content (AvgIpc) is 2.77. The third-order valence-corrected chi connectivity index (χ3v) is 7.69. The van der Waals surface area contributed by atoms with Gasteiger partial charge in [0, 0.05) is 11.6 Å². The summed E-state index contributed by atoms with van der Waals surface area (Å²) in [7, 11) is -3.92. The summed E-state index contributed by atoms with van der Waals surface area (Å²) in [5.74, 6) is -0.524. The summed E-state index contributed by atoms with van der Waals surface area (Å²) < 4.78 is 28.5. The Kier molecular flexibility index (Phi) is 8.61.